The van der Waals surface area contributed by atoms with Crippen LogP contribution < -0.4 is 5.32 Å². The second-order valence-corrected chi connectivity index (χ2v) is 4.01. The van der Waals surface area contributed by atoms with Crippen molar-refractivity contribution in [2.45, 2.75) is 32.2 Å². The van der Waals surface area contributed by atoms with Crippen molar-refractivity contribution in [3.8, 4) is 0 Å². The van der Waals surface area contributed by atoms with E-state index in [2.05, 4.69) is 10.1 Å². The fourth-order valence-electron chi connectivity index (χ4n) is 1.70. The monoisotopic (exact) mass is 242 g/mol. The lowest BCUT2D eigenvalue weighted by Gasteiger charge is -2.32. The lowest BCUT2D eigenvalue weighted by molar-refractivity contribution is -0.149. The maximum absolute atomic E-state index is 11.9. The molecule has 96 valence electrons. The molecule has 1 atom stereocenters. The lowest BCUT2D eigenvalue weighted by Crippen LogP contribution is -2.58. The molecule has 2 amide bonds. The van der Waals surface area contributed by atoms with Crippen molar-refractivity contribution < 1.29 is 19.1 Å². The third-order valence-corrected chi connectivity index (χ3v) is 2.66. The summed E-state index contributed by atoms with van der Waals surface area (Å²) in [6.45, 7) is 2.65. The predicted molar refractivity (Wildman–Crippen MR) is 60.1 cm³/mol. The van der Waals surface area contributed by atoms with Gasteiger partial charge in [0.1, 0.15) is 6.04 Å². The van der Waals surface area contributed by atoms with Gasteiger partial charge in [-0.1, -0.05) is 13.3 Å². The number of esters is 1. The van der Waals surface area contributed by atoms with E-state index in [9.17, 15) is 14.4 Å². The van der Waals surface area contributed by atoms with E-state index in [1.165, 1.54) is 12.0 Å². The van der Waals surface area contributed by atoms with Gasteiger partial charge in [-0.05, 0) is 6.42 Å². The Morgan fingerprint density at radius 3 is 2.82 bits per heavy atom. The zero-order valence-corrected chi connectivity index (χ0v) is 10.2. The van der Waals surface area contributed by atoms with Crippen LogP contribution in [0, 0.1) is 0 Å². The average Bonchev–Trinajstić information content (AvgIpc) is 2.31. The summed E-state index contributed by atoms with van der Waals surface area (Å²) in [5, 5.41) is 2.51. The number of rotatable bonds is 5. The van der Waals surface area contributed by atoms with E-state index in [0.29, 0.717) is 6.54 Å². The van der Waals surface area contributed by atoms with Crippen molar-refractivity contribution in [1.29, 1.82) is 0 Å². The summed E-state index contributed by atoms with van der Waals surface area (Å²) in [4.78, 5) is 35.9. The topological polar surface area (TPSA) is 75.7 Å². The van der Waals surface area contributed by atoms with Crippen LogP contribution in [0.2, 0.25) is 0 Å². The normalized spacial score (nSPS) is 20.1. The zero-order valence-electron chi connectivity index (χ0n) is 10.2. The van der Waals surface area contributed by atoms with Crippen molar-refractivity contribution in [1.82, 2.24) is 10.2 Å². The molecule has 1 N–H and O–H groups in total. The van der Waals surface area contributed by atoms with Crippen LogP contribution in [0.4, 0.5) is 0 Å². The molecule has 6 nitrogen and oxygen atoms in total. The first-order valence-corrected chi connectivity index (χ1v) is 5.73. The fourth-order valence-corrected chi connectivity index (χ4v) is 1.70. The number of amides is 2. The van der Waals surface area contributed by atoms with Gasteiger partial charge in [-0.3, -0.25) is 14.4 Å². The third-order valence-electron chi connectivity index (χ3n) is 2.66. The van der Waals surface area contributed by atoms with Gasteiger partial charge in [0, 0.05) is 6.54 Å². The Morgan fingerprint density at radius 1 is 1.53 bits per heavy atom. The highest BCUT2D eigenvalue weighted by atomic mass is 16.5. The number of hydrogen-bond donors (Lipinski definition) is 1. The first kappa shape index (κ1) is 13.5. The second kappa shape index (κ2) is 6.22. The molecule has 0 spiro atoms. The maximum Gasteiger partial charge on any atom is 0.308 e. The Morgan fingerprint density at radius 2 is 2.24 bits per heavy atom. The molecular formula is C11H18N2O4. The molecule has 1 fully saturated rings. The van der Waals surface area contributed by atoms with Crippen LogP contribution >= 0.6 is 0 Å². The fraction of sp³-hybridized carbons (Fsp3) is 0.727. The Bertz CT molecular complexity index is 317. The second-order valence-electron chi connectivity index (χ2n) is 4.01. The van der Waals surface area contributed by atoms with Crippen LogP contribution in [0.3, 0.4) is 0 Å². The molecular weight excluding hydrogens is 224 g/mol. The molecule has 17 heavy (non-hydrogen) atoms. The lowest BCUT2D eigenvalue weighted by atomic mass is 10.1. The molecule has 0 aliphatic carbocycles. The van der Waals surface area contributed by atoms with Crippen LogP contribution in [0.15, 0.2) is 0 Å². The summed E-state index contributed by atoms with van der Waals surface area (Å²) >= 11 is 0. The summed E-state index contributed by atoms with van der Waals surface area (Å²) in [6, 6.07) is -0.777. The number of piperazine rings is 1. The number of unbranched alkanes of at least 4 members (excludes halogenated alkanes) is 1. The van der Waals surface area contributed by atoms with Gasteiger partial charge in [-0.2, -0.15) is 0 Å². The van der Waals surface area contributed by atoms with E-state index >= 15 is 0 Å². The molecule has 1 aliphatic rings. The Hall–Kier alpha value is -1.59. The summed E-state index contributed by atoms with van der Waals surface area (Å²) < 4.78 is 4.49. The van der Waals surface area contributed by atoms with Gasteiger partial charge in [0.05, 0.1) is 20.1 Å². The first-order valence-electron chi connectivity index (χ1n) is 5.73. The van der Waals surface area contributed by atoms with Crippen molar-refractivity contribution in [2.75, 3.05) is 20.2 Å². The average molecular weight is 242 g/mol. The van der Waals surface area contributed by atoms with Gasteiger partial charge in [0.15, 0.2) is 0 Å². The van der Waals surface area contributed by atoms with Crippen molar-refractivity contribution in [3.05, 3.63) is 0 Å². The molecule has 0 bridgehead atoms. The highest BCUT2D eigenvalue weighted by Gasteiger charge is 2.33. The minimum atomic E-state index is -0.777. The standard InChI is InChI=1S/C11H18N2O4/c1-3-4-5-13-7-9(14)12-8(11(13)16)6-10(15)17-2/h8H,3-7H2,1-2H3,(H,12,14)/t8-/m0/s1. The van der Waals surface area contributed by atoms with Crippen LogP contribution in [-0.4, -0.2) is 48.9 Å². The van der Waals surface area contributed by atoms with Crippen molar-refractivity contribution in [3.63, 3.8) is 0 Å². The van der Waals surface area contributed by atoms with Crippen molar-refractivity contribution >= 4 is 17.8 Å². The molecule has 0 radical (unpaired) electrons. The number of nitrogens with one attached hydrogen (secondary N) is 1. The number of carbonyl (C=O) groups excluding carboxylic acids is 3. The van der Waals surface area contributed by atoms with Crippen LogP contribution in [0.5, 0.6) is 0 Å². The molecule has 0 saturated carbocycles. The van der Waals surface area contributed by atoms with Crippen LogP contribution in [-0.2, 0) is 19.1 Å². The Labute approximate surface area is 100 Å². The number of methoxy groups -OCH3 is 1. The predicted octanol–water partition coefficient (Wildman–Crippen LogP) is -0.323. The molecule has 0 aromatic heterocycles. The first-order chi connectivity index (χ1) is 8.08. The molecule has 0 aromatic rings. The Balaban J connectivity index is 2.61. The minimum Gasteiger partial charge on any atom is -0.469 e. The third kappa shape index (κ3) is 3.72. The van der Waals surface area contributed by atoms with Gasteiger partial charge in [0.25, 0.3) is 0 Å². The highest BCUT2D eigenvalue weighted by Crippen LogP contribution is 2.08. The summed E-state index contributed by atoms with van der Waals surface area (Å²) in [7, 11) is 1.26. The van der Waals surface area contributed by atoms with E-state index in [1.807, 2.05) is 6.92 Å². The van der Waals surface area contributed by atoms with E-state index in [4.69, 9.17) is 0 Å². The minimum absolute atomic E-state index is 0.0799. The Kier molecular flexibility index (Phi) is 4.93. The summed E-state index contributed by atoms with van der Waals surface area (Å²) in [5.74, 6) is -0.931. The van der Waals surface area contributed by atoms with Gasteiger partial charge in [0.2, 0.25) is 11.8 Å². The number of carbonyl (C=O) groups is 3. The molecule has 6 heteroatoms. The highest BCUT2D eigenvalue weighted by molar-refractivity contribution is 5.96. The maximum atomic E-state index is 11.9. The quantitative estimate of drug-likeness (QED) is 0.670. The smallest absolute Gasteiger partial charge is 0.308 e. The summed E-state index contributed by atoms with van der Waals surface area (Å²) in [6.07, 6.45) is 1.70. The van der Waals surface area contributed by atoms with Gasteiger partial charge in [-0.25, -0.2) is 0 Å². The molecule has 1 saturated heterocycles. The molecule has 0 unspecified atom stereocenters. The van der Waals surface area contributed by atoms with Gasteiger partial charge >= 0.3 is 5.97 Å². The number of hydrogen-bond acceptors (Lipinski definition) is 4. The van der Waals surface area contributed by atoms with Crippen LogP contribution in [0.25, 0.3) is 0 Å². The summed E-state index contributed by atoms with van der Waals surface area (Å²) in [5.41, 5.74) is 0. The van der Waals surface area contributed by atoms with Gasteiger partial charge in [-0.15, -0.1) is 0 Å². The zero-order chi connectivity index (χ0) is 12.8. The van der Waals surface area contributed by atoms with E-state index in [0.717, 1.165) is 12.8 Å². The number of nitrogens with zero attached hydrogens (tertiary/aromatic N) is 1. The van der Waals surface area contributed by atoms with E-state index in [-0.39, 0.29) is 24.8 Å². The van der Waals surface area contributed by atoms with Crippen molar-refractivity contribution in [2.24, 2.45) is 0 Å². The molecule has 0 aromatic carbocycles. The van der Waals surface area contributed by atoms with Crippen LogP contribution in [0.1, 0.15) is 26.2 Å². The van der Waals surface area contributed by atoms with E-state index in [1.54, 1.807) is 0 Å². The molecule has 1 aliphatic heterocycles. The van der Waals surface area contributed by atoms with Gasteiger partial charge < -0.3 is 15.0 Å². The largest absolute Gasteiger partial charge is 0.469 e. The molecule has 1 heterocycles. The SMILES string of the molecule is CCCCN1CC(=O)N[C@@H](CC(=O)OC)C1=O. The molecule has 1 rings (SSSR count). The van der Waals surface area contributed by atoms with E-state index < -0.39 is 12.0 Å². The number of ether oxygens (including phenoxy) is 1.